The molecule has 0 fully saturated rings. The van der Waals surface area contributed by atoms with Gasteiger partial charge in [-0.15, -0.1) is 10.2 Å². The van der Waals surface area contributed by atoms with Crippen LogP contribution in [0.2, 0.25) is 0 Å². The van der Waals surface area contributed by atoms with Gasteiger partial charge in [0.05, 0.1) is 12.6 Å². The highest BCUT2D eigenvalue weighted by Crippen LogP contribution is 2.32. The van der Waals surface area contributed by atoms with Crippen LogP contribution in [0.3, 0.4) is 0 Å². The van der Waals surface area contributed by atoms with Gasteiger partial charge in [0.15, 0.2) is 11.5 Å². The molecule has 30 heavy (non-hydrogen) atoms. The summed E-state index contributed by atoms with van der Waals surface area (Å²) in [5.41, 5.74) is -1.15. The van der Waals surface area contributed by atoms with Gasteiger partial charge >= 0.3 is 6.18 Å². The van der Waals surface area contributed by atoms with E-state index >= 15 is 0 Å². The fraction of sp³-hybridized carbons (Fsp3) is 0.381. The van der Waals surface area contributed by atoms with E-state index in [0.717, 1.165) is 11.8 Å². The monoisotopic (exact) mass is 420 g/mol. The van der Waals surface area contributed by atoms with Crippen LogP contribution in [-0.4, -0.2) is 27.1 Å². The molecule has 160 valence electrons. The average molecular weight is 420 g/mol. The van der Waals surface area contributed by atoms with Gasteiger partial charge in [0.1, 0.15) is 11.3 Å². The molecule has 0 unspecified atom stereocenters. The summed E-state index contributed by atoms with van der Waals surface area (Å²) in [4.78, 5) is 12.4. The van der Waals surface area contributed by atoms with Crippen LogP contribution in [0, 0.1) is 5.92 Å². The van der Waals surface area contributed by atoms with Crippen molar-refractivity contribution in [3.63, 3.8) is 0 Å². The van der Waals surface area contributed by atoms with Gasteiger partial charge in [0.25, 0.3) is 0 Å². The second kappa shape index (κ2) is 9.15. The first-order chi connectivity index (χ1) is 14.3. The van der Waals surface area contributed by atoms with Crippen molar-refractivity contribution < 1.29 is 22.7 Å². The fourth-order valence-corrected chi connectivity index (χ4v) is 3.08. The van der Waals surface area contributed by atoms with E-state index in [4.69, 9.17) is 4.74 Å². The quantitative estimate of drug-likeness (QED) is 0.548. The summed E-state index contributed by atoms with van der Waals surface area (Å²) >= 11 is 0. The third-order valence-corrected chi connectivity index (χ3v) is 4.59. The lowest BCUT2D eigenvalue weighted by Crippen LogP contribution is -2.33. The summed E-state index contributed by atoms with van der Waals surface area (Å²) in [6, 6.07) is 11.0. The molecule has 2 heterocycles. The van der Waals surface area contributed by atoms with E-state index in [9.17, 15) is 18.0 Å². The third kappa shape index (κ3) is 5.08. The number of carbonyl (C=O) groups is 1. The molecule has 0 aliphatic heterocycles. The Kier molecular flexibility index (Phi) is 6.59. The van der Waals surface area contributed by atoms with Crippen molar-refractivity contribution >= 4 is 11.6 Å². The van der Waals surface area contributed by atoms with Crippen LogP contribution in [0.1, 0.15) is 44.1 Å². The van der Waals surface area contributed by atoms with Crippen LogP contribution in [-0.2, 0) is 11.0 Å². The number of hydrogen-bond donors (Lipinski definition) is 1. The highest BCUT2D eigenvalue weighted by molar-refractivity contribution is 5.76. The number of benzene rings is 1. The van der Waals surface area contributed by atoms with Crippen LogP contribution in [0.25, 0.3) is 5.65 Å². The summed E-state index contributed by atoms with van der Waals surface area (Å²) in [5.74, 6) is 0.666. The minimum atomic E-state index is -4.54. The highest BCUT2D eigenvalue weighted by Gasteiger charge is 2.35. The van der Waals surface area contributed by atoms with Crippen molar-refractivity contribution in [2.45, 2.75) is 38.9 Å². The molecule has 3 rings (SSSR count). The number of halogens is 3. The molecule has 1 atom stereocenters. The maximum absolute atomic E-state index is 13.2. The van der Waals surface area contributed by atoms with Crippen molar-refractivity contribution in [1.29, 1.82) is 0 Å². The molecule has 0 radical (unpaired) electrons. The Morgan fingerprint density at radius 1 is 1.13 bits per heavy atom. The van der Waals surface area contributed by atoms with Crippen LogP contribution in [0.4, 0.5) is 13.2 Å². The lowest BCUT2D eigenvalue weighted by atomic mass is 10.0. The van der Waals surface area contributed by atoms with Crippen LogP contribution >= 0.6 is 0 Å². The van der Waals surface area contributed by atoms with E-state index in [-0.39, 0.29) is 29.7 Å². The number of pyridine rings is 1. The standard InChI is InChI=1S/C21H23F3N4O2/c1-14(2)18(25-17(29)11-7-13-30-15-8-4-3-5-9-15)20-27-26-19-16(21(22,23)24)10-6-12-28(19)20/h3-6,8-10,12,14,18H,7,11,13H2,1-2H3,(H,25,29)/t18-/m0/s1. The minimum Gasteiger partial charge on any atom is -0.494 e. The zero-order valence-electron chi connectivity index (χ0n) is 16.7. The van der Waals surface area contributed by atoms with Gasteiger partial charge in [-0.05, 0) is 36.6 Å². The molecule has 0 saturated heterocycles. The van der Waals surface area contributed by atoms with Gasteiger partial charge in [-0.25, -0.2) is 0 Å². The van der Waals surface area contributed by atoms with E-state index in [0.29, 0.717) is 13.0 Å². The molecule has 0 bridgehead atoms. The first-order valence-electron chi connectivity index (χ1n) is 9.65. The van der Waals surface area contributed by atoms with Gasteiger partial charge in [-0.3, -0.25) is 9.20 Å². The predicted octanol–water partition coefficient (Wildman–Crippen LogP) is 4.42. The smallest absolute Gasteiger partial charge is 0.420 e. The van der Waals surface area contributed by atoms with Gasteiger partial charge in [0.2, 0.25) is 5.91 Å². The Labute approximate surface area is 172 Å². The Morgan fingerprint density at radius 2 is 1.87 bits per heavy atom. The van der Waals surface area contributed by atoms with Gasteiger partial charge in [-0.2, -0.15) is 13.2 Å². The number of nitrogens with zero attached hydrogens (tertiary/aromatic N) is 3. The number of amides is 1. The molecule has 9 heteroatoms. The van der Waals surface area contributed by atoms with Crippen molar-refractivity contribution in [1.82, 2.24) is 19.9 Å². The molecular weight excluding hydrogens is 397 g/mol. The zero-order chi connectivity index (χ0) is 21.7. The number of alkyl halides is 3. The topological polar surface area (TPSA) is 68.5 Å². The maximum Gasteiger partial charge on any atom is 0.420 e. The molecule has 1 aromatic carbocycles. The van der Waals surface area contributed by atoms with Gasteiger partial charge < -0.3 is 10.1 Å². The summed E-state index contributed by atoms with van der Waals surface area (Å²) < 4.78 is 46.5. The summed E-state index contributed by atoms with van der Waals surface area (Å²) in [7, 11) is 0. The molecule has 3 aromatic rings. The summed E-state index contributed by atoms with van der Waals surface area (Å²) in [5, 5.41) is 10.5. The van der Waals surface area contributed by atoms with E-state index < -0.39 is 17.8 Å². The highest BCUT2D eigenvalue weighted by atomic mass is 19.4. The molecular formula is C21H23F3N4O2. The van der Waals surface area contributed by atoms with Gasteiger partial charge in [0, 0.05) is 12.6 Å². The van der Waals surface area contributed by atoms with Crippen LogP contribution in [0.15, 0.2) is 48.7 Å². The fourth-order valence-electron chi connectivity index (χ4n) is 3.08. The molecule has 1 N–H and O–H groups in total. The van der Waals surface area contributed by atoms with E-state index in [1.165, 1.54) is 16.7 Å². The number of para-hydroxylation sites is 1. The molecule has 2 aromatic heterocycles. The third-order valence-electron chi connectivity index (χ3n) is 4.59. The minimum absolute atomic E-state index is 0.100. The second-order valence-electron chi connectivity index (χ2n) is 7.23. The molecule has 0 spiro atoms. The van der Waals surface area contributed by atoms with Crippen molar-refractivity contribution in [2.24, 2.45) is 5.92 Å². The average Bonchev–Trinajstić information content (AvgIpc) is 3.13. The van der Waals surface area contributed by atoms with Gasteiger partial charge in [-0.1, -0.05) is 32.0 Å². The maximum atomic E-state index is 13.2. The summed E-state index contributed by atoms with van der Waals surface area (Å²) in [6.07, 6.45) is -2.35. The number of aromatic nitrogens is 3. The van der Waals surface area contributed by atoms with Crippen LogP contribution < -0.4 is 10.1 Å². The Hall–Kier alpha value is -3.10. The van der Waals surface area contributed by atoms with E-state index in [2.05, 4.69) is 15.5 Å². The lowest BCUT2D eigenvalue weighted by Gasteiger charge is -2.21. The second-order valence-corrected chi connectivity index (χ2v) is 7.23. The molecule has 0 saturated carbocycles. The van der Waals surface area contributed by atoms with Crippen molar-refractivity contribution in [3.8, 4) is 5.75 Å². The molecule has 1 amide bonds. The van der Waals surface area contributed by atoms with E-state index in [1.54, 1.807) is 0 Å². The SMILES string of the molecule is CC(C)[C@H](NC(=O)CCCOc1ccccc1)c1nnc2c(C(F)(F)F)cccn12. The molecule has 0 aliphatic rings. The zero-order valence-corrected chi connectivity index (χ0v) is 16.7. The normalized spacial score (nSPS) is 12.9. The predicted molar refractivity (Wildman–Crippen MR) is 105 cm³/mol. The van der Waals surface area contributed by atoms with Crippen LogP contribution in [0.5, 0.6) is 5.75 Å². The Morgan fingerprint density at radius 3 is 2.53 bits per heavy atom. The largest absolute Gasteiger partial charge is 0.494 e. The number of hydrogen-bond acceptors (Lipinski definition) is 4. The van der Waals surface area contributed by atoms with Crippen molar-refractivity contribution in [3.05, 3.63) is 60.0 Å². The van der Waals surface area contributed by atoms with E-state index in [1.807, 2.05) is 44.2 Å². The first kappa shape index (κ1) is 21.6. The molecule has 0 aliphatic carbocycles. The molecule has 6 nitrogen and oxygen atoms in total. The Balaban J connectivity index is 1.67. The van der Waals surface area contributed by atoms with Crippen molar-refractivity contribution in [2.75, 3.05) is 6.61 Å². The number of fused-ring (bicyclic) bond motifs is 1. The number of carbonyl (C=O) groups excluding carboxylic acids is 1. The summed E-state index contributed by atoms with van der Waals surface area (Å²) in [6.45, 7) is 4.10. The number of ether oxygens (including phenoxy) is 1. The number of rotatable bonds is 8. The Bertz CT molecular complexity index is 987. The lowest BCUT2D eigenvalue weighted by molar-refractivity contribution is -0.136. The number of nitrogens with one attached hydrogen (secondary N) is 1. The first-order valence-corrected chi connectivity index (χ1v) is 9.65.